The first kappa shape index (κ1) is 18.8. The van der Waals surface area contributed by atoms with E-state index in [4.69, 9.17) is 9.47 Å². The van der Waals surface area contributed by atoms with Crippen molar-refractivity contribution in [3.05, 3.63) is 59.7 Å². The van der Waals surface area contributed by atoms with Crippen LogP contribution in [0.15, 0.2) is 48.5 Å². The standard InChI is InChI=1S/C21H27NO3/c1-15(2)13-19(17-9-11-18(24-4)12-10-17)22-21(23)14-25-20-8-6-5-7-16(20)3/h5-12,15,19H,13-14H2,1-4H3,(H,22,23)/t19-/m1/s1. The Hall–Kier alpha value is -2.49. The summed E-state index contributed by atoms with van der Waals surface area (Å²) in [5, 5.41) is 3.09. The summed E-state index contributed by atoms with van der Waals surface area (Å²) in [6, 6.07) is 15.5. The van der Waals surface area contributed by atoms with Gasteiger partial charge in [0.1, 0.15) is 11.5 Å². The summed E-state index contributed by atoms with van der Waals surface area (Å²) >= 11 is 0. The lowest BCUT2D eigenvalue weighted by Gasteiger charge is -2.21. The fraction of sp³-hybridized carbons (Fsp3) is 0.381. The van der Waals surface area contributed by atoms with Crippen molar-refractivity contribution in [2.75, 3.05) is 13.7 Å². The first-order chi connectivity index (χ1) is 12.0. The number of para-hydroxylation sites is 1. The summed E-state index contributed by atoms with van der Waals surface area (Å²) in [6.45, 7) is 6.26. The van der Waals surface area contributed by atoms with Gasteiger partial charge in [-0.1, -0.05) is 44.2 Å². The molecule has 0 aliphatic rings. The van der Waals surface area contributed by atoms with Gasteiger partial charge in [-0.2, -0.15) is 0 Å². The van der Waals surface area contributed by atoms with Crippen molar-refractivity contribution in [1.82, 2.24) is 5.32 Å². The molecule has 0 saturated carbocycles. The Bertz CT molecular complexity index is 680. The Morgan fingerprint density at radius 3 is 2.36 bits per heavy atom. The van der Waals surface area contributed by atoms with Crippen LogP contribution in [0.1, 0.15) is 37.4 Å². The molecule has 4 heteroatoms. The van der Waals surface area contributed by atoms with Crippen molar-refractivity contribution in [2.45, 2.75) is 33.2 Å². The first-order valence-corrected chi connectivity index (χ1v) is 8.61. The third kappa shape index (κ3) is 5.82. The van der Waals surface area contributed by atoms with Crippen LogP contribution in [0.2, 0.25) is 0 Å². The minimum Gasteiger partial charge on any atom is -0.497 e. The molecule has 25 heavy (non-hydrogen) atoms. The zero-order chi connectivity index (χ0) is 18.2. The molecule has 2 aromatic rings. The van der Waals surface area contributed by atoms with Gasteiger partial charge in [0, 0.05) is 0 Å². The molecule has 0 aromatic heterocycles. The Balaban J connectivity index is 2.00. The average Bonchev–Trinajstić information content (AvgIpc) is 2.60. The fourth-order valence-electron chi connectivity index (χ4n) is 2.68. The van der Waals surface area contributed by atoms with E-state index in [9.17, 15) is 4.79 Å². The van der Waals surface area contributed by atoms with E-state index in [1.165, 1.54) is 0 Å². The average molecular weight is 341 g/mol. The third-order valence-electron chi connectivity index (χ3n) is 4.01. The smallest absolute Gasteiger partial charge is 0.258 e. The van der Waals surface area contributed by atoms with Crippen molar-refractivity contribution >= 4 is 5.91 Å². The fourth-order valence-corrected chi connectivity index (χ4v) is 2.68. The van der Waals surface area contributed by atoms with Gasteiger partial charge in [0.15, 0.2) is 6.61 Å². The van der Waals surface area contributed by atoms with E-state index in [0.29, 0.717) is 5.92 Å². The molecular weight excluding hydrogens is 314 g/mol. The molecule has 0 spiro atoms. The number of hydrogen-bond donors (Lipinski definition) is 1. The van der Waals surface area contributed by atoms with Crippen LogP contribution in [-0.4, -0.2) is 19.6 Å². The van der Waals surface area contributed by atoms with E-state index in [2.05, 4.69) is 19.2 Å². The van der Waals surface area contributed by atoms with Gasteiger partial charge in [-0.05, 0) is 48.6 Å². The highest BCUT2D eigenvalue weighted by Gasteiger charge is 2.17. The molecule has 1 atom stereocenters. The van der Waals surface area contributed by atoms with Crippen LogP contribution >= 0.6 is 0 Å². The van der Waals surface area contributed by atoms with Gasteiger partial charge in [0.2, 0.25) is 0 Å². The van der Waals surface area contributed by atoms with Crippen molar-refractivity contribution in [2.24, 2.45) is 5.92 Å². The number of nitrogens with one attached hydrogen (secondary N) is 1. The van der Waals surface area contributed by atoms with Gasteiger partial charge >= 0.3 is 0 Å². The van der Waals surface area contributed by atoms with E-state index in [1.807, 2.05) is 55.5 Å². The van der Waals surface area contributed by atoms with Gasteiger partial charge in [0.25, 0.3) is 5.91 Å². The molecule has 134 valence electrons. The monoisotopic (exact) mass is 341 g/mol. The second-order valence-corrected chi connectivity index (χ2v) is 6.58. The van der Waals surface area contributed by atoms with Crippen molar-refractivity contribution in [3.63, 3.8) is 0 Å². The van der Waals surface area contributed by atoms with E-state index in [1.54, 1.807) is 7.11 Å². The predicted molar refractivity (Wildman–Crippen MR) is 100 cm³/mol. The van der Waals surface area contributed by atoms with Gasteiger partial charge in [-0.15, -0.1) is 0 Å². The summed E-state index contributed by atoms with van der Waals surface area (Å²) in [5.74, 6) is 1.89. The molecule has 2 rings (SSSR count). The van der Waals surface area contributed by atoms with Gasteiger partial charge in [-0.25, -0.2) is 0 Å². The van der Waals surface area contributed by atoms with Gasteiger partial charge in [0.05, 0.1) is 13.2 Å². The van der Waals surface area contributed by atoms with Crippen molar-refractivity contribution in [1.29, 1.82) is 0 Å². The van der Waals surface area contributed by atoms with Crippen molar-refractivity contribution < 1.29 is 14.3 Å². The Kier molecular flexibility index (Phi) is 6.87. The van der Waals surface area contributed by atoms with Gasteiger partial charge < -0.3 is 14.8 Å². The Morgan fingerprint density at radius 1 is 1.08 bits per heavy atom. The van der Waals surface area contributed by atoms with Crippen LogP contribution in [0.4, 0.5) is 0 Å². The molecular formula is C21H27NO3. The maximum absolute atomic E-state index is 12.4. The summed E-state index contributed by atoms with van der Waals surface area (Å²) in [4.78, 5) is 12.4. The van der Waals surface area contributed by atoms with Crippen LogP contribution in [0, 0.1) is 12.8 Å². The predicted octanol–water partition coefficient (Wildman–Crippen LogP) is 4.29. The highest BCUT2D eigenvalue weighted by atomic mass is 16.5. The number of methoxy groups -OCH3 is 1. The lowest BCUT2D eigenvalue weighted by molar-refractivity contribution is -0.124. The zero-order valence-electron chi connectivity index (χ0n) is 15.4. The van der Waals surface area contributed by atoms with Crippen molar-refractivity contribution in [3.8, 4) is 11.5 Å². The maximum atomic E-state index is 12.4. The number of carbonyl (C=O) groups is 1. The molecule has 2 aromatic carbocycles. The highest BCUT2D eigenvalue weighted by Crippen LogP contribution is 2.23. The zero-order valence-corrected chi connectivity index (χ0v) is 15.4. The van der Waals surface area contributed by atoms with Crippen LogP contribution in [0.25, 0.3) is 0 Å². The number of amides is 1. The molecule has 0 unspecified atom stereocenters. The molecule has 1 amide bonds. The molecule has 0 saturated heterocycles. The molecule has 0 heterocycles. The topological polar surface area (TPSA) is 47.6 Å². The van der Waals surface area contributed by atoms with Crippen LogP contribution in [0.5, 0.6) is 11.5 Å². The van der Waals surface area contributed by atoms with Gasteiger partial charge in [-0.3, -0.25) is 4.79 Å². The van der Waals surface area contributed by atoms with E-state index in [0.717, 1.165) is 29.0 Å². The quantitative estimate of drug-likeness (QED) is 0.779. The number of aryl methyl sites for hydroxylation is 1. The summed E-state index contributed by atoms with van der Waals surface area (Å²) in [6.07, 6.45) is 0.864. The highest BCUT2D eigenvalue weighted by molar-refractivity contribution is 5.78. The maximum Gasteiger partial charge on any atom is 0.258 e. The molecule has 0 bridgehead atoms. The largest absolute Gasteiger partial charge is 0.497 e. The lowest BCUT2D eigenvalue weighted by Crippen LogP contribution is -2.33. The minimum absolute atomic E-state index is 0.00953. The normalized spacial score (nSPS) is 11.9. The Labute approximate surface area is 150 Å². The number of benzene rings is 2. The molecule has 0 fully saturated rings. The van der Waals surface area contributed by atoms with Crippen LogP contribution in [-0.2, 0) is 4.79 Å². The molecule has 1 N–H and O–H groups in total. The second kappa shape index (κ2) is 9.11. The molecule has 4 nitrogen and oxygen atoms in total. The summed E-state index contributed by atoms with van der Waals surface area (Å²) < 4.78 is 10.8. The van der Waals surface area contributed by atoms with Crippen LogP contribution < -0.4 is 14.8 Å². The third-order valence-corrected chi connectivity index (χ3v) is 4.01. The SMILES string of the molecule is COc1ccc([C@@H](CC(C)C)NC(=O)COc2ccccc2C)cc1. The number of hydrogen-bond acceptors (Lipinski definition) is 3. The molecule has 0 aliphatic heterocycles. The molecule has 0 aliphatic carbocycles. The number of ether oxygens (including phenoxy) is 2. The van der Waals surface area contributed by atoms with E-state index >= 15 is 0 Å². The minimum atomic E-state index is -0.121. The lowest BCUT2D eigenvalue weighted by atomic mass is 9.97. The van der Waals surface area contributed by atoms with Crippen LogP contribution in [0.3, 0.4) is 0 Å². The Morgan fingerprint density at radius 2 is 1.76 bits per heavy atom. The molecule has 0 radical (unpaired) electrons. The second-order valence-electron chi connectivity index (χ2n) is 6.58. The number of carbonyl (C=O) groups excluding carboxylic acids is 1. The van der Waals surface area contributed by atoms with E-state index in [-0.39, 0.29) is 18.6 Å². The summed E-state index contributed by atoms with van der Waals surface area (Å²) in [5.41, 5.74) is 2.09. The van der Waals surface area contributed by atoms with E-state index < -0.39 is 0 Å². The first-order valence-electron chi connectivity index (χ1n) is 8.61. The number of rotatable bonds is 8. The summed E-state index contributed by atoms with van der Waals surface area (Å²) in [7, 11) is 1.64.